The van der Waals surface area contributed by atoms with Crippen molar-refractivity contribution in [1.29, 1.82) is 0 Å². The molecule has 0 amide bonds. The first-order valence-corrected chi connectivity index (χ1v) is 6.77. The molecule has 0 aliphatic heterocycles. The molecule has 2 nitrogen and oxygen atoms in total. The van der Waals surface area contributed by atoms with E-state index in [2.05, 4.69) is 5.32 Å². The van der Waals surface area contributed by atoms with Crippen LogP contribution in [0.1, 0.15) is 21.4 Å². The summed E-state index contributed by atoms with van der Waals surface area (Å²) >= 11 is 1.65. The minimum Gasteiger partial charge on any atom is -0.387 e. The average Bonchev–Trinajstić information content (AvgIpc) is 2.75. The predicted molar refractivity (Wildman–Crippen MR) is 72.1 cm³/mol. The van der Waals surface area contributed by atoms with Crippen LogP contribution in [0.15, 0.2) is 30.3 Å². The van der Waals surface area contributed by atoms with E-state index in [1.54, 1.807) is 11.3 Å². The molecule has 0 aliphatic carbocycles. The summed E-state index contributed by atoms with van der Waals surface area (Å²) in [6, 6.07) is 7.56. The van der Waals surface area contributed by atoms with Crippen LogP contribution >= 0.6 is 11.3 Å². The van der Waals surface area contributed by atoms with Gasteiger partial charge in [-0.2, -0.15) is 0 Å². The maximum absolute atomic E-state index is 13.4. The third-order valence-electron chi connectivity index (χ3n) is 2.77. The quantitative estimate of drug-likeness (QED) is 0.883. The van der Waals surface area contributed by atoms with Crippen molar-refractivity contribution in [1.82, 2.24) is 5.32 Å². The number of aryl methyl sites for hydroxylation is 1. The van der Waals surface area contributed by atoms with Gasteiger partial charge in [0.15, 0.2) is 0 Å². The Kier molecular flexibility index (Phi) is 4.63. The first-order valence-electron chi connectivity index (χ1n) is 5.96. The molecule has 1 aromatic carbocycles. The number of hydrogen-bond acceptors (Lipinski definition) is 3. The highest BCUT2D eigenvalue weighted by molar-refractivity contribution is 7.11. The molecular formula is C14H15F2NOS. The van der Waals surface area contributed by atoms with Gasteiger partial charge in [-0.05, 0) is 31.2 Å². The van der Waals surface area contributed by atoms with Crippen LogP contribution in [0.4, 0.5) is 8.78 Å². The zero-order valence-electron chi connectivity index (χ0n) is 10.5. The molecule has 0 saturated carbocycles. The summed E-state index contributed by atoms with van der Waals surface area (Å²) in [5.74, 6) is -1.44. The molecule has 2 N–H and O–H groups in total. The van der Waals surface area contributed by atoms with Crippen molar-refractivity contribution < 1.29 is 13.9 Å². The van der Waals surface area contributed by atoms with Crippen LogP contribution in [0.2, 0.25) is 0 Å². The predicted octanol–water partition coefficient (Wildman–Crippen LogP) is 3.16. The van der Waals surface area contributed by atoms with Crippen molar-refractivity contribution in [2.75, 3.05) is 6.54 Å². The average molecular weight is 283 g/mol. The van der Waals surface area contributed by atoms with Gasteiger partial charge in [0.25, 0.3) is 0 Å². The van der Waals surface area contributed by atoms with Crippen LogP contribution in [0.5, 0.6) is 0 Å². The lowest BCUT2D eigenvalue weighted by molar-refractivity contribution is 0.165. The van der Waals surface area contributed by atoms with E-state index in [4.69, 9.17) is 0 Å². The fourth-order valence-corrected chi connectivity index (χ4v) is 2.70. The van der Waals surface area contributed by atoms with Crippen LogP contribution in [-0.4, -0.2) is 11.7 Å². The smallest absolute Gasteiger partial charge is 0.131 e. The van der Waals surface area contributed by atoms with Crippen LogP contribution < -0.4 is 5.32 Å². The number of hydrogen-bond donors (Lipinski definition) is 2. The lowest BCUT2D eigenvalue weighted by Crippen LogP contribution is -2.22. The normalized spacial score (nSPS) is 12.6. The summed E-state index contributed by atoms with van der Waals surface area (Å²) in [5.41, 5.74) is -0.280. The third kappa shape index (κ3) is 3.59. The molecule has 1 unspecified atom stereocenters. The molecule has 0 bridgehead atoms. The Morgan fingerprint density at radius 1 is 1.21 bits per heavy atom. The first-order chi connectivity index (χ1) is 9.08. The number of rotatable bonds is 5. The number of aliphatic hydroxyl groups excluding tert-OH is 1. The summed E-state index contributed by atoms with van der Waals surface area (Å²) in [5, 5.41) is 12.8. The lowest BCUT2D eigenvalue weighted by atomic mass is 10.1. The molecule has 1 aromatic heterocycles. The summed E-state index contributed by atoms with van der Waals surface area (Å²) < 4.78 is 26.9. The van der Waals surface area contributed by atoms with Gasteiger partial charge in [-0.25, -0.2) is 8.78 Å². The molecule has 5 heteroatoms. The van der Waals surface area contributed by atoms with E-state index < -0.39 is 17.7 Å². The Bertz CT molecular complexity index is 536. The Balaban J connectivity index is 1.92. The number of halogens is 2. The molecule has 0 fully saturated rings. The van der Waals surface area contributed by atoms with E-state index in [0.29, 0.717) is 6.54 Å². The minimum atomic E-state index is -1.19. The van der Waals surface area contributed by atoms with Gasteiger partial charge in [-0.1, -0.05) is 6.07 Å². The SMILES string of the molecule is Cc1ccc(CNCC(O)c2c(F)cccc2F)s1. The molecule has 1 atom stereocenters. The van der Waals surface area contributed by atoms with E-state index in [9.17, 15) is 13.9 Å². The molecule has 102 valence electrons. The van der Waals surface area contributed by atoms with Crippen molar-refractivity contribution >= 4 is 11.3 Å². The van der Waals surface area contributed by atoms with Crippen LogP contribution in [0.3, 0.4) is 0 Å². The fraction of sp³-hybridized carbons (Fsp3) is 0.286. The van der Waals surface area contributed by atoms with E-state index in [1.807, 2.05) is 19.1 Å². The molecule has 19 heavy (non-hydrogen) atoms. The molecule has 1 heterocycles. The van der Waals surface area contributed by atoms with Gasteiger partial charge in [0, 0.05) is 22.8 Å². The van der Waals surface area contributed by atoms with Crippen LogP contribution in [0.25, 0.3) is 0 Å². The summed E-state index contributed by atoms with van der Waals surface area (Å²) in [4.78, 5) is 2.33. The monoisotopic (exact) mass is 283 g/mol. The van der Waals surface area contributed by atoms with Gasteiger partial charge >= 0.3 is 0 Å². The fourth-order valence-electron chi connectivity index (χ4n) is 1.84. The van der Waals surface area contributed by atoms with Gasteiger partial charge in [-0.15, -0.1) is 11.3 Å². The molecule has 0 saturated heterocycles. The van der Waals surface area contributed by atoms with Crippen molar-refractivity contribution in [2.45, 2.75) is 19.6 Å². The van der Waals surface area contributed by atoms with Gasteiger partial charge < -0.3 is 10.4 Å². The van der Waals surface area contributed by atoms with Crippen molar-refractivity contribution in [3.63, 3.8) is 0 Å². The third-order valence-corrected chi connectivity index (χ3v) is 3.77. The molecule has 2 aromatic rings. The molecule has 0 aliphatic rings. The Morgan fingerprint density at radius 2 is 1.89 bits per heavy atom. The Hall–Kier alpha value is -1.30. The van der Waals surface area contributed by atoms with Crippen molar-refractivity contribution in [3.8, 4) is 0 Å². The van der Waals surface area contributed by atoms with Gasteiger partial charge in [-0.3, -0.25) is 0 Å². The highest BCUT2D eigenvalue weighted by atomic mass is 32.1. The molecule has 0 spiro atoms. The Morgan fingerprint density at radius 3 is 2.47 bits per heavy atom. The van der Waals surface area contributed by atoms with Gasteiger partial charge in [0.05, 0.1) is 11.7 Å². The number of benzene rings is 1. The summed E-state index contributed by atoms with van der Waals surface area (Å²) in [6.45, 7) is 2.69. The first kappa shape index (κ1) is 14.1. The van der Waals surface area contributed by atoms with E-state index in [0.717, 1.165) is 17.0 Å². The lowest BCUT2D eigenvalue weighted by Gasteiger charge is -2.13. The topological polar surface area (TPSA) is 32.3 Å². The highest BCUT2D eigenvalue weighted by Crippen LogP contribution is 2.20. The largest absolute Gasteiger partial charge is 0.387 e. The molecule has 2 rings (SSSR count). The standard InChI is InChI=1S/C14H15F2NOS/c1-9-5-6-10(19-9)7-17-8-13(18)14-11(15)3-2-4-12(14)16/h2-6,13,17-18H,7-8H2,1H3. The summed E-state index contributed by atoms with van der Waals surface area (Å²) in [7, 11) is 0. The molecular weight excluding hydrogens is 268 g/mol. The highest BCUT2D eigenvalue weighted by Gasteiger charge is 2.17. The van der Waals surface area contributed by atoms with Crippen LogP contribution in [0, 0.1) is 18.6 Å². The van der Waals surface area contributed by atoms with E-state index >= 15 is 0 Å². The van der Waals surface area contributed by atoms with Crippen molar-refractivity contribution in [3.05, 3.63) is 57.3 Å². The zero-order chi connectivity index (χ0) is 13.8. The maximum Gasteiger partial charge on any atom is 0.131 e. The second kappa shape index (κ2) is 6.23. The summed E-state index contributed by atoms with van der Waals surface area (Å²) in [6.07, 6.45) is -1.19. The van der Waals surface area contributed by atoms with E-state index in [1.165, 1.54) is 10.9 Å². The second-order valence-electron chi connectivity index (χ2n) is 4.29. The van der Waals surface area contributed by atoms with Crippen molar-refractivity contribution in [2.24, 2.45) is 0 Å². The molecule has 0 radical (unpaired) electrons. The second-order valence-corrected chi connectivity index (χ2v) is 5.67. The minimum absolute atomic E-state index is 0.106. The number of nitrogens with one attached hydrogen (secondary N) is 1. The van der Waals surface area contributed by atoms with Gasteiger partial charge in [0.1, 0.15) is 11.6 Å². The van der Waals surface area contributed by atoms with Crippen LogP contribution in [-0.2, 0) is 6.54 Å². The van der Waals surface area contributed by atoms with Gasteiger partial charge in [0.2, 0.25) is 0 Å². The number of thiophene rings is 1. The number of aliphatic hydroxyl groups is 1. The maximum atomic E-state index is 13.4. The zero-order valence-corrected chi connectivity index (χ0v) is 11.3. The van der Waals surface area contributed by atoms with E-state index in [-0.39, 0.29) is 12.1 Å². The Labute approximate surface area is 114 Å².